The second-order valence-electron chi connectivity index (χ2n) is 6.78. The van der Waals surface area contributed by atoms with E-state index in [0.29, 0.717) is 29.4 Å². The largest absolute Gasteiger partial charge is 0.496 e. The molecule has 1 aliphatic rings. The van der Waals surface area contributed by atoms with Gasteiger partial charge in [-0.15, -0.1) is 0 Å². The number of methoxy groups -OCH3 is 1. The number of amides is 1. The Labute approximate surface area is 172 Å². The van der Waals surface area contributed by atoms with E-state index < -0.39 is 24.5 Å². The summed E-state index contributed by atoms with van der Waals surface area (Å²) in [5.74, 6) is 0.417. The highest BCUT2D eigenvalue weighted by Crippen LogP contribution is 2.33. The molecule has 30 heavy (non-hydrogen) atoms. The van der Waals surface area contributed by atoms with Crippen LogP contribution < -0.4 is 4.74 Å². The Morgan fingerprint density at radius 2 is 1.97 bits per heavy atom. The molecule has 8 heteroatoms. The summed E-state index contributed by atoms with van der Waals surface area (Å²) >= 11 is 0. The minimum atomic E-state index is -0.645. The van der Waals surface area contributed by atoms with Gasteiger partial charge in [0.25, 0.3) is 5.91 Å². The number of esters is 1. The molecule has 154 valence electrons. The molecule has 4 rings (SSSR count). The van der Waals surface area contributed by atoms with Crippen LogP contribution in [0.3, 0.4) is 0 Å². The Morgan fingerprint density at radius 1 is 1.17 bits per heavy atom. The Morgan fingerprint density at radius 3 is 2.67 bits per heavy atom. The Bertz CT molecular complexity index is 1070. The van der Waals surface area contributed by atoms with E-state index >= 15 is 0 Å². The summed E-state index contributed by atoms with van der Waals surface area (Å²) in [7, 11) is 1.47. The van der Waals surface area contributed by atoms with Crippen molar-refractivity contribution in [3.63, 3.8) is 0 Å². The van der Waals surface area contributed by atoms with Crippen molar-refractivity contribution in [1.82, 2.24) is 5.01 Å². The fourth-order valence-corrected chi connectivity index (χ4v) is 3.29. The molecule has 0 fully saturated rings. The van der Waals surface area contributed by atoms with Gasteiger partial charge in [-0.3, -0.25) is 4.79 Å². The zero-order valence-electron chi connectivity index (χ0n) is 16.5. The van der Waals surface area contributed by atoms with Crippen molar-refractivity contribution in [1.29, 1.82) is 0 Å². The van der Waals surface area contributed by atoms with Crippen molar-refractivity contribution in [2.45, 2.75) is 19.4 Å². The third-order valence-electron chi connectivity index (χ3n) is 4.74. The molecule has 1 aromatic carbocycles. The van der Waals surface area contributed by atoms with Crippen molar-refractivity contribution >= 4 is 17.6 Å². The maximum absolute atomic E-state index is 12.9. The topological polar surface area (TPSA) is 94.5 Å². The fourth-order valence-electron chi connectivity index (χ4n) is 3.29. The van der Waals surface area contributed by atoms with Gasteiger partial charge in [0.1, 0.15) is 34.6 Å². The number of benzene rings is 1. The Hall–Kier alpha value is -3.81. The number of hydrogen-bond acceptors (Lipinski definition) is 7. The van der Waals surface area contributed by atoms with Gasteiger partial charge in [-0.25, -0.2) is 9.80 Å². The molecule has 8 nitrogen and oxygen atoms in total. The van der Waals surface area contributed by atoms with Crippen LogP contribution in [-0.2, 0) is 9.53 Å². The van der Waals surface area contributed by atoms with Crippen LogP contribution in [0.5, 0.6) is 5.75 Å². The highest BCUT2D eigenvalue weighted by atomic mass is 16.5. The lowest BCUT2D eigenvalue weighted by Gasteiger charge is -2.19. The zero-order valence-corrected chi connectivity index (χ0v) is 16.5. The molecule has 0 saturated heterocycles. The molecule has 1 atom stereocenters. The first kappa shape index (κ1) is 19.5. The van der Waals surface area contributed by atoms with E-state index in [-0.39, 0.29) is 5.56 Å². The summed E-state index contributed by atoms with van der Waals surface area (Å²) in [6.45, 7) is 1.38. The Balaban J connectivity index is 1.51. The van der Waals surface area contributed by atoms with E-state index in [4.69, 9.17) is 18.3 Å². The van der Waals surface area contributed by atoms with Crippen LogP contribution in [0.4, 0.5) is 0 Å². The second-order valence-corrected chi connectivity index (χ2v) is 6.78. The maximum Gasteiger partial charge on any atom is 0.342 e. The smallest absolute Gasteiger partial charge is 0.342 e. The van der Waals surface area contributed by atoms with Gasteiger partial charge < -0.3 is 18.3 Å². The van der Waals surface area contributed by atoms with Crippen LogP contribution >= 0.6 is 0 Å². The molecule has 1 amide bonds. The number of furan rings is 2. The van der Waals surface area contributed by atoms with Crippen LogP contribution in [0, 0.1) is 6.92 Å². The molecule has 1 aliphatic heterocycles. The summed E-state index contributed by atoms with van der Waals surface area (Å²) in [6.07, 6.45) is 3.50. The number of hydrogen-bond donors (Lipinski definition) is 0. The van der Waals surface area contributed by atoms with Crippen LogP contribution in [0.2, 0.25) is 0 Å². The highest BCUT2D eigenvalue weighted by Gasteiger charge is 2.36. The second kappa shape index (κ2) is 8.28. The number of rotatable bonds is 6. The van der Waals surface area contributed by atoms with Crippen LogP contribution in [-0.4, -0.2) is 36.3 Å². The van der Waals surface area contributed by atoms with Gasteiger partial charge in [0.2, 0.25) is 0 Å². The Kier molecular flexibility index (Phi) is 5.38. The molecule has 3 aromatic rings. The third kappa shape index (κ3) is 3.84. The van der Waals surface area contributed by atoms with Crippen molar-refractivity contribution < 1.29 is 27.9 Å². The number of nitrogens with zero attached hydrogens (tertiary/aromatic N) is 2. The van der Waals surface area contributed by atoms with Gasteiger partial charge in [-0.1, -0.05) is 11.6 Å². The van der Waals surface area contributed by atoms with E-state index in [9.17, 15) is 9.59 Å². The van der Waals surface area contributed by atoms with Crippen LogP contribution in [0.1, 0.15) is 39.9 Å². The lowest BCUT2D eigenvalue weighted by molar-refractivity contribution is -0.136. The molecule has 2 aromatic heterocycles. The predicted molar refractivity (Wildman–Crippen MR) is 106 cm³/mol. The van der Waals surface area contributed by atoms with E-state index in [2.05, 4.69) is 5.10 Å². The first-order valence-electron chi connectivity index (χ1n) is 9.35. The van der Waals surface area contributed by atoms with E-state index in [1.54, 1.807) is 42.7 Å². The van der Waals surface area contributed by atoms with Crippen molar-refractivity contribution in [2.24, 2.45) is 5.10 Å². The monoisotopic (exact) mass is 408 g/mol. The molecular formula is C22H20N2O6. The standard InChI is InChI=1S/C22H20N2O6/c1-14-7-8-18(27-2)15(11-14)22(26)30-13-21(25)24-17(20-6-4-10-29-20)12-16(23-24)19-5-3-9-28-19/h3-11,17H,12-13H2,1-2H3. The van der Waals surface area contributed by atoms with Crippen molar-refractivity contribution in [3.8, 4) is 5.75 Å². The van der Waals surface area contributed by atoms with Gasteiger partial charge in [-0.2, -0.15) is 5.10 Å². The molecule has 0 spiro atoms. The molecule has 3 heterocycles. The summed E-state index contributed by atoms with van der Waals surface area (Å²) < 4.78 is 21.4. The SMILES string of the molecule is COc1ccc(C)cc1C(=O)OCC(=O)N1N=C(c2ccco2)CC1c1ccco1. The fraction of sp³-hybridized carbons (Fsp3) is 0.227. The highest BCUT2D eigenvalue weighted by molar-refractivity contribution is 6.01. The average Bonchev–Trinajstić information content (AvgIpc) is 3.51. The molecule has 0 saturated carbocycles. The summed E-state index contributed by atoms with van der Waals surface area (Å²) in [5, 5.41) is 5.67. The third-order valence-corrected chi connectivity index (χ3v) is 4.74. The molecule has 0 bridgehead atoms. The summed E-state index contributed by atoms with van der Waals surface area (Å²) in [6, 6.07) is 11.8. The molecular weight excluding hydrogens is 388 g/mol. The minimum Gasteiger partial charge on any atom is -0.496 e. The van der Waals surface area contributed by atoms with Gasteiger partial charge in [0.15, 0.2) is 6.61 Å². The lowest BCUT2D eigenvalue weighted by Crippen LogP contribution is -2.31. The molecule has 1 unspecified atom stereocenters. The number of aryl methyl sites for hydroxylation is 1. The van der Waals surface area contributed by atoms with Crippen molar-refractivity contribution in [3.05, 3.63) is 77.6 Å². The van der Waals surface area contributed by atoms with Gasteiger partial charge in [-0.05, 0) is 43.3 Å². The van der Waals surface area contributed by atoms with E-state index in [1.807, 2.05) is 13.0 Å². The summed E-state index contributed by atoms with van der Waals surface area (Å²) in [5.41, 5.74) is 1.75. The zero-order chi connectivity index (χ0) is 21.1. The molecule has 0 radical (unpaired) electrons. The van der Waals surface area contributed by atoms with Gasteiger partial charge in [0, 0.05) is 6.42 Å². The van der Waals surface area contributed by atoms with Gasteiger partial charge >= 0.3 is 5.97 Å². The normalized spacial score (nSPS) is 15.7. The average molecular weight is 408 g/mol. The number of hydrazone groups is 1. The van der Waals surface area contributed by atoms with E-state index in [0.717, 1.165) is 5.56 Å². The number of carbonyl (C=O) groups is 2. The minimum absolute atomic E-state index is 0.258. The first-order valence-corrected chi connectivity index (χ1v) is 9.35. The number of ether oxygens (including phenoxy) is 2. The van der Waals surface area contributed by atoms with Crippen molar-refractivity contribution in [2.75, 3.05) is 13.7 Å². The predicted octanol–water partition coefficient (Wildman–Crippen LogP) is 3.72. The lowest BCUT2D eigenvalue weighted by atomic mass is 10.1. The maximum atomic E-state index is 12.9. The first-order chi connectivity index (χ1) is 14.6. The number of carbonyl (C=O) groups excluding carboxylic acids is 2. The molecule has 0 aliphatic carbocycles. The quantitative estimate of drug-likeness (QED) is 0.577. The van der Waals surface area contributed by atoms with Gasteiger partial charge in [0.05, 0.1) is 19.6 Å². The van der Waals surface area contributed by atoms with Crippen LogP contribution in [0.15, 0.2) is 68.9 Å². The molecule has 0 N–H and O–H groups in total. The van der Waals surface area contributed by atoms with Crippen LogP contribution in [0.25, 0.3) is 0 Å². The van der Waals surface area contributed by atoms with E-state index in [1.165, 1.54) is 18.4 Å². The summed E-state index contributed by atoms with van der Waals surface area (Å²) in [4.78, 5) is 25.4.